The zero-order valence-electron chi connectivity index (χ0n) is 10.2. The van der Waals surface area contributed by atoms with Crippen LogP contribution in [0.1, 0.15) is 24.2 Å². The molecule has 1 aromatic heterocycles. The molecule has 1 aromatic carbocycles. The Morgan fingerprint density at radius 1 is 1.41 bits per heavy atom. The predicted molar refractivity (Wildman–Crippen MR) is 71.4 cm³/mol. The van der Waals surface area contributed by atoms with Crippen LogP contribution in [0.25, 0.3) is 10.6 Å². The SMILES string of the molecule is COc1ccc(-c2nc(C(C)N)cs2)cc1C. The van der Waals surface area contributed by atoms with E-state index in [1.165, 1.54) is 0 Å². The van der Waals surface area contributed by atoms with E-state index >= 15 is 0 Å². The second-order valence-electron chi connectivity index (χ2n) is 4.05. The van der Waals surface area contributed by atoms with Gasteiger partial charge >= 0.3 is 0 Å². The van der Waals surface area contributed by atoms with E-state index in [2.05, 4.69) is 11.1 Å². The lowest BCUT2D eigenvalue weighted by molar-refractivity contribution is 0.412. The smallest absolute Gasteiger partial charge is 0.123 e. The number of hydrogen-bond donors (Lipinski definition) is 1. The molecule has 2 aromatic rings. The highest BCUT2D eigenvalue weighted by Gasteiger charge is 2.09. The van der Waals surface area contributed by atoms with Crippen molar-refractivity contribution in [2.75, 3.05) is 7.11 Å². The fraction of sp³-hybridized carbons (Fsp3) is 0.308. The summed E-state index contributed by atoms with van der Waals surface area (Å²) in [5, 5.41) is 3.02. The fourth-order valence-electron chi connectivity index (χ4n) is 1.64. The van der Waals surface area contributed by atoms with Gasteiger partial charge in [-0.15, -0.1) is 11.3 Å². The average Bonchev–Trinajstić information content (AvgIpc) is 2.78. The van der Waals surface area contributed by atoms with Crippen LogP contribution in [0.2, 0.25) is 0 Å². The van der Waals surface area contributed by atoms with Gasteiger partial charge in [-0.2, -0.15) is 0 Å². The molecule has 4 heteroatoms. The minimum atomic E-state index is -0.0145. The predicted octanol–water partition coefficient (Wildman–Crippen LogP) is 3.15. The van der Waals surface area contributed by atoms with E-state index < -0.39 is 0 Å². The number of methoxy groups -OCH3 is 1. The Bertz CT molecular complexity index is 520. The number of benzene rings is 1. The highest BCUT2D eigenvalue weighted by molar-refractivity contribution is 7.13. The maximum absolute atomic E-state index is 5.80. The molecule has 0 aliphatic rings. The van der Waals surface area contributed by atoms with Gasteiger partial charge in [0.15, 0.2) is 0 Å². The van der Waals surface area contributed by atoms with Crippen molar-refractivity contribution in [2.45, 2.75) is 19.9 Å². The molecule has 0 aliphatic carbocycles. The number of aryl methyl sites for hydroxylation is 1. The van der Waals surface area contributed by atoms with Crippen LogP contribution in [0.5, 0.6) is 5.75 Å². The van der Waals surface area contributed by atoms with Crippen LogP contribution in [0.3, 0.4) is 0 Å². The second-order valence-corrected chi connectivity index (χ2v) is 4.91. The van der Waals surface area contributed by atoms with E-state index in [9.17, 15) is 0 Å². The lowest BCUT2D eigenvalue weighted by atomic mass is 10.1. The minimum absolute atomic E-state index is 0.0145. The van der Waals surface area contributed by atoms with Crippen molar-refractivity contribution in [3.8, 4) is 16.3 Å². The number of hydrogen-bond acceptors (Lipinski definition) is 4. The molecular weight excluding hydrogens is 232 g/mol. The monoisotopic (exact) mass is 248 g/mol. The molecule has 0 fully saturated rings. The van der Waals surface area contributed by atoms with Crippen LogP contribution >= 0.6 is 11.3 Å². The highest BCUT2D eigenvalue weighted by atomic mass is 32.1. The first-order valence-electron chi connectivity index (χ1n) is 5.48. The standard InChI is InChI=1S/C13H16N2OS/c1-8-6-10(4-5-12(8)16-3)13-15-11(7-17-13)9(2)14/h4-7,9H,14H2,1-3H3. The molecule has 0 saturated heterocycles. The fourth-order valence-corrected chi connectivity index (χ4v) is 2.56. The number of nitrogens with zero attached hydrogens (tertiary/aromatic N) is 1. The Morgan fingerprint density at radius 3 is 2.71 bits per heavy atom. The summed E-state index contributed by atoms with van der Waals surface area (Å²) in [7, 11) is 1.68. The Kier molecular flexibility index (Phi) is 3.45. The van der Waals surface area contributed by atoms with Crippen LogP contribution in [0, 0.1) is 6.92 Å². The Balaban J connectivity index is 2.36. The number of rotatable bonds is 3. The average molecular weight is 248 g/mol. The van der Waals surface area contributed by atoms with Gasteiger partial charge < -0.3 is 10.5 Å². The number of thiazole rings is 1. The minimum Gasteiger partial charge on any atom is -0.496 e. The van der Waals surface area contributed by atoms with Crippen molar-refractivity contribution < 1.29 is 4.74 Å². The molecule has 2 rings (SSSR count). The van der Waals surface area contributed by atoms with Crippen molar-refractivity contribution in [1.82, 2.24) is 4.98 Å². The Hall–Kier alpha value is -1.39. The molecule has 2 N–H and O–H groups in total. The summed E-state index contributed by atoms with van der Waals surface area (Å²) in [5.74, 6) is 0.901. The Labute approximate surface area is 105 Å². The van der Waals surface area contributed by atoms with Crippen LogP contribution in [0.15, 0.2) is 23.6 Å². The molecule has 0 radical (unpaired) electrons. The molecular formula is C13H16N2OS. The number of aromatic nitrogens is 1. The molecule has 1 heterocycles. The summed E-state index contributed by atoms with van der Waals surface area (Å²) in [6, 6.07) is 6.06. The summed E-state index contributed by atoms with van der Waals surface area (Å²) in [6.45, 7) is 3.97. The first-order valence-corrected chi connectivity index (χ1v) is 6.36. The van der Waals surface area contributed by atoms with E-state index in [1.54, 1.807) is 18.4 Å². The third kappa shape index (κ3) is 2.48. The van der Waals surface area contributed by atoms with Gasteiger partial charge in [0.2, 0.25) is 0 Å². The van der Waals surface area contributed by atoms with Gasteiger partial charge in [0, 0.05) is 17.0 Å². The van der Waals surface area contributed by atoms with Gasteiger partial charge in [0.1, 0.15) is 10.8 Å². The lowest BCUT2D eigenvalue weighted by Crippen LogP contribution is -2.04. The maximum atomic E-state index is 5.80. The first kappa shape index (κ1) is 12.1. The normalized spacial score (nSPS) is 12.5. The van der Waals surface area contributed by atoms with Crippen molar-refractivity contribution in [2.24, 2.45) is 5.73 Å². The van der Waals surface area contributed by atoms with Gasteiger partial charge in [-0.05, 0) is 37.6 Å². The lowest BCUT2D eigenvalue weighted by Gasteiger charge is -2.05. The van der Waals surface area contributed by atoms with Crippen molar-refractivity contribution >= 4 is 11.3 Å². The van der Waals surface area contributed by atoms with E-state index in [1.807, 2.05) is 31.4 Å². The zero-order valence-corrected chi connectivity index (χ0v) is 11.0. The van der Waals surface area contributed by atoms with E-state index in [-0.39, 0.29) is 6.04 Å². The molecule has 1 atom stereocenters. The molecule has 0 aliphatic heterocycles. The van der Waals surface area contributed by atoms with Crippen LogP contribution in [-0.4, -0.2) is 12.1 Å². The third-order valence-corrected chi connectivity index (χ3v) is 3.54. The quantitative estimate of drug-likeness (QED) is 0.907. The molecule has 0 saturated carbocycles. The molecule has 90 valence electrons. The molecule has 0 spiro atoms. The second kappa shape index (κ2) is 4.85. The molecule has 0 bridgehead atoms. The number of ether oxygens (including phenoxy) is 1. The van der Waals surface area contributed by atoms with E-state index in [4.69, 9.17) is 10.5 Å². The summed E-state index contributed by atoms with van der Waals surface area (Å²) in [4.78, 5) is 4.53. The molecule has 1 unspecified atom stereocenters. The first-order chi connectivity index (χ1) is 8.11. The topological polar surface area (TPSA) is 48.1 Å². The largest absolute Gasteiger partial charge is 0.496 e. The summed E-state index contributed by atoms with van der Waals surface area (Å²) < 4.78 is 5.24. The summed E-state index contributed by atoms with van der Waals surface area (Å²) >= 11 is 1.62. The Morgan fingerprint density at radius 2 is 2.18 bits per heavy atom. The maximum Gasteiger partial charge on any atom is 0.123 e. The van der Waals surface area contributed by atoms with Gasteiger partial charge in [-0.3, -0.25) is 0 Å². The van der Waals surface area contributed by atoms with Gasteiger partial charge in [0.25, 0.3) is 0 Å². The number of nitrogens with two attached hydrogens (primary N) is 1. The zero-order chi connectivity index (χ0) is 12.4. The van der Waals surface area contributed by atoms with E-state index in [0.29, 0.717) is 0 Å². The molecule has 3 nitrogen and oxygen atoms in total. The van der Waals surface area contributed by atoms with Gasteiger partial charge in [0.05, 0.1) is 12.8 Å². The van der Waals surface area contributed by atoms with Crippen LogP contribution < -0.4 is 10.5 Å². The van der Waals surface area contributed by atoms with Crippen LogP contribution in [0.4, 0.5) is 0 Å². The van der Waals surface area contributed by atoms with Crippen molar-refractivity contribution in [1.29, 1.82) is 0 Å². The summed E-state index contributed by atoms with van der Waals surface area (Å²) in [5.41, 5.74) is 8.97. The highest BCUT2D eigenvalue weighted by Crippen LogP contribution is 2.29. The molecule has 17 heavy (non-hydrogen) atoms. The summed E-state index contributed by atoms with van der Waals surface area (Å²) in [6.07, 6.45) is 0. The van der Waals surface area contributed by atoms with Gasteiger partial charge in [-0.1, -0.05) is 0 Å². The van der Waals surface area contributed by atoms with Crippen LogP contribution in [-0.2, 0) is 0 Å². The molecule has 0 amide bonds. The van der Waals surface area contributed by atoms with Crippen molar-refractivity contribution in [3.63, 3.8) is 0 Å². The van der Waals surface area contributed by atoms with Gasteiger partial charge in [-0.25, -0.2) is 4.98 Å². The van der Waals surface area contributed by atoms with E-state index in [0.717, 1.165) is 27.6 Å². The third-order valence-electron chi connectivity index (χ3n) is 2.63. The van der Waals surface area contributed by atoms with Crippen molar-refractivity contribution in [3.05, 3.63) is 34.8 Å².